The Morgan fingerprint density at radius 2 is 2.07 bits per heavy atom. The molecule has 0 radical (unpaired) electrons. The second-order valence-electron chi connectivity index (χ2n) is 2.74. The predicted octanol–water partition coefficient (Wildman–Crippen LogP) is 3.84. The van der Waals surface area contributed by atoms with Crippen molar-refractivity contribution in [2.75, 3.05) is 0 Å². The highest BCUT2D eigenvalue weighted by Crippen LogP contribution is 2.40. The van der Waals surface area contributed by atoms with Crippen molar-refractivity contribution < 1.29 is 5.11 Å². The molecule has 0 aliphatic rings. The topological polar surface area (TPSA) is 72.2 Å². The fraction of sp³-hybridized carbons (Fsp3) is 0. The number of aromatic nitrogens is 1. The quantitative estimate of drug-likeness (QED) is 0.639. The van der Waals surface area contributed by atoms with Crippen molar-refractivity contribution in [3.05, 3.63) is 22.2 Å². The summed E-state index contributed by atoms with van der Waals surface area (Å²) >= 11 is 11.7. The van der Waals surface area contributed by atoms with Gasteiger partial charge in [-0.1, -0.05) is 23.2 Å². The lowest BCUT2D eigenvalue weighted by atomic mass is 10.2. The van der Waals surface area contributed by atoms with E-state index in [2.05, 4.69) is 10.1 Å². The fourth-order valence-electron chi connectivity index (χ4n) is 1.33. The monoisotopic (exact) mass is 229 g/mol. The minimum absolute atomic E-state index is 0.127. The van der Waals surface area contributed by atoms with Gasteiger partial charge in [0, 0.05) is 10.4 Å². The molecule has 0 unspecified atom stereocenters. The molecule has 0 aliphatic heterocycles. The van der Waals surface area contributed by atoms with Crippen molar-refractivity contribution in [1.82, 2.24) is 4.98 Å². The second kappa shape index (κ2) is 3.15. The van der Waals surface area contributed by atoms with Crippen LogP contribution in [0.4, 0.5) is 5.69 Å². The van der Waals surface area contributed by atoms with Gasteiger partial charge in [-0.3, -0.25) is 0 Å². The minimum Gasteiger partial charge on any atom is -0.493 e. The van der Waals surface area contributed by atoms with Crippen LogP contribution in [0.25, 0.3) is 10.9 Å². The number of H-pyrrole nitrogens is 1. The van der Waals surface area contributed by atoms with E-state index in [0.717, 1.165) is 0 Å². The van der Waals surface area contributed by atoms with Gasteiger partial charge >= 0.3 is 0 Å². The van der Waals surface area contributed by atoms with E-state index in [-0.39, 0.29) is 11.6 Å². The van der Waals surface area contributed by atoms with Gasteiger partial charge in [-0.05, 0) is 12.1 Å². The molecule has 1 aromatic heterocycles. The van der Waals surface area contributed by atoms with Crippen LogP contribution in [-0.4, -0.2) is 10.1 Å². The van der Waals surface area contributed by atoms with Crippen LogP contribution < -0.4 is 0 Å². The highest BCUT2D eigenvalue weighted by molar-refractivity contribution is 6.39. The molecule has 1 heterocycles. The first-order chi connectivity index (χ1) is 6.63. The summed E-state index contributed by atoms with van der Waals surface area (Å²) in [4.78, 5) is 2.63. The van der Waals surface area contributed by atoms with Crippen LogP contribution in [0.1, 0.15) is 0 Å². The standard InChI is InChI=1S/C8H5Cl2N3O/c9-3-1-4(10)6-5(2-3)12-8(14)7(6)13-11/h1-2,11-12,14H. The number of rotatable bonds is 1. The highest BCUT2D eigenvalue weighted by atomic mass is 35.5. The first-order valence-corrected chi connectivity index (χ1v) is 4.46. The third-order valence-corrected chi connectivity index (χ3v) is 2.40. The van der Waals surface area contributed by atoms with Gasteiger partial charge in [0.05, 0.1) is 10.5 Å². The van der Waals surface area contributed by atoms with Crippen LogP contribution in [0.15, 0.2) is 17.2 Å². The number of nitrogens with zero attached hydrogens (tertiary/aromatic N) is 1. The number of hydrogen-bond acceptors (Lipinski definition) is 3. The van der Waals surface area contributed by atoms with E-state index in [4.69, 9.17) is 28.7 Å². The third kappa shape index (κ3) is 1.23. The lowest BCUT2D eigenvalue weighted by Crippen LogP contribution is -1.70. The maximum atomic E-state index is 9.38. The smallest absolute Gasteiger partial charge is 0.218 e. The molecular weight excluding hydrogens is 225 g/mol. The Bertz CT molecular complexity index is 521. The van der Waals surface area contributed by atoms with Crippen LogP contribution in [0.5, 0.6) is 5.88 Å². The van der Waals surface area contributed by atoms with Crippen LogP contribution >= 0.6 is 23.2 Å². The van der Waals surface area contributed by atoms with Crippen molar-refractivity contribution in [2.45, 2.75) is 0 Å². The second-order valence-corrected chi connectivity index (χ2v) is 3.59. The largest absolute Gasteiger partial charge is 0.493 e. The van der Waals surface area contributed by atoms with Crippen LogP contribution in [0.2, 0.25) is 10.0 Å². The van der Waals surface area contributed by atoms with Crippen molar-refractivity contribution in [1.29, 1.82) is 5.53 Å². The van der Waals surface area contributed by atoms with E-state index in [1.807, 2.05) is 0 Å². The molecule has 0 amide bonds. The van der Waals surface area contributed by atoms with E-state index in [1.165, 1.54) is 6.07 Å². The molecular formula is C8H5Cl2N3O. The van der Waals surface area contributed by atoms with Gasteiger partial charge in [-0.25, -0.2) is 5.53 Å². The zero-order valence-corrected chi connectivity index (χ0v) is 8.32. The first kappa shape index (κ1) is 9.30. The molecule has 0 aliphatic carbocycles. The average Bonchev–Trinajstić information content (AvgIpc) is 2.40. The van der Waals surface area contributed by atoms with Crippen molar-refractivity contribution in [3.63, 3.8) is 0 Å². The number of benzene rings is 1. The van der Waals surface area contributed by atoms with Gasteiger partial charge in [0.25, 0.3) is 0 Å². The maximum Gasteiger partial charge on any atom is 0.218 e. The highest BCUT2D eigenvalue weighted by Gasteiger charge is 2.13. The minimum atomic E-state index is -0.181. The summed E-state index contributed by atoms with van der Waals surface area (Å²) in [7, 11) is 0. The normalized spacial score (nSPS) is 10.7. The van der Waals surface area contributed by atoms with Gasteiger partial charge in [0.2, 0.25) is 5.88 Å². The summed E-state index contributed by atoms with van der Waals surface area (Å²) in [6.07, 6.45) is 0. The maximum absolute atomic E-state index is 9.38. The number of fused-ring (bicyclic) bond motifs is 1. The van der Waals surface area contributed by atoms with Crippen molar-refractivity contribution in [3.8, 4) is 5.88 Å². The fourth-order valence-corrected chi connectivity index (χ4v) is 1.91. The summed E-state index contributed by atoms with van der Waals surface area (Å²) < 4.78 is 0. The number of aromatic amines is 1. The molecule has 0 atom stereocenters. The summed E-state index contributed by atoms with van der Waals surface area (Å²) in [6, 6.07) is 3.14. The Morgan fingerprint density at radius 1 is 1.36 bits per heavy atom. The van der Waals surface area contributed by atoms with E-state index in [1.54, 1.807) is 6.07 Å². The molecule has 6 heteroatoms. The van der Waals surface area contributed by atoms with Crippen molar-refractivity contribution in [2.24, 2.45) is 5.11 Å². The van der Waals surface area contributed by atoms with Crippen molar-refractivity contribution >= 4 is 39.8 Å². The van der Waals surface area contributed by atoms with E-state index in [0.29, 0.717) is 20.9 Å². The lowest BCUT2D eigenvalue weighted by Gasteiger charge is -1.95. The molecule has 0 saturated carbocycles. The summed E-state index contributed by atoms with van der Waals surface area (Å²) in [5.41, 5.74) is 7.57. The lowest BCUT2D eigenvalue weighted by molar-refractivity contribution is 0.459. The Labute approximate surface area is 89.0 Å². The van der Waals surface area contributed by atoms with Crippen LogP contribution in [-0.2, 0) is 0 Å². The molecule has 4 nitrogen and oxygen atoms in total. The molecule has 0 bridgehead atoms. The third-order valence-electron chi connectivity index (χ3n) is 1.88. The summed E-state index contributed by atoms with van der Waals surface area (Å²) in [5, 5.41) is 13.9. The van der Waals surface area contributed by atoms with Gasteiger partial charge in [-0.15, -0.1) is 0 Å². The molecule has 0 saturated heterocycles. The predicted molar refractivity (Wildman–Crippen MR) is 54.8 cm³/mol. The van der Waals surface area contributed by atoms with E-state index in [9.17, 15) is 5.11 Å². The van der Waals surface area contributed by atoms with Crippen LogP contribution in [0.3, 0.4) is 0 Å². The summed E-state index contributed by atoms with van der Waals surface area (Å²) in [5.74, 6) is -0.181. The molecule has 3 N–H and O–H groups in total. The SMILES string of the molecule is N=Nc1c(O)[nH]c2cc(Cl)cc(Cl)c12. The van der Waals surface area contributed by atoms with Gasteiger partial charge in [-0.2, -0.15) is 5.11 Å². The molecule has 0 spiro atoms. The first-order valence-electron chi connectivity index (χ1n) is 3.70. The molecule has 1 aromatic carbocycles. The molecule has 72 valence electrons. The van der Waals surface area contributed by atoms with Gasteiger partial charge in [0.1, 0.15) is 0 Å². The number of hydrogen-bond donors (Lipinski definition) is 3. The zero-order chi connectivity index (χ0) is 10.3. The molecule has 14 heavy (non-hydrogen) atoms. The molecule has 0 fully saturated rings. The Morgan fingerprint density at radius 3 is 2.71 bits per heavy atom. The number of nitrogens with one attached hydrogen (secondary N) is 2. The number of halogens is 2. The van der Waals surface area contributed by atoms with Gasteiger partial charge in [0.15, 0.2) is 5.69 Å². The molecule has 2 rings (SSSR count). The Hall–Kier alpha value is -1.26. The van der Waals surface area contributed by atoms with E-state index >= 15 is 0 Å². The summed E-state index contributed by atoms with van der Waals surface area (Å²) in [6.45, 7) is 0. The molecule has 2 aromatic rings. The van der Waals surface area contributed by atoms with E-state index < -0.39 is 0 Å². The Balaban J connectivity index is 2.95. The average molecular weight is 230 g/mol. The van der Waals surface area contributed by atoms with Crippen LogP contribution in [0, 0.1) is 5.53 Å². The zero-order valence-electron chi connectivity index (χ0n) is 6.81. The Kier molecular flexibility index (Phi) is 2.09. The number of aromatic hydroxyl groups is 1. The van der Waals surface area contributed by atoms with Gasteiger partial charge < -0.3 is 10.1 Å².